The summed E-state index contributed by atoms with van der Waals surface area (Å²) < 4.78 is 0. The first kappa shape index (κ1) is 13.9. The molecular weight excluding hydrogens is 244 g/mol. The van der Waals surface area contributed by atoms with Crippen molar-refractivity contribution >= 4 is 5.69 Å². The number of piperidine rings is 1. The van der Waals surface area contributed by atoms with Crippen molar-refractivity contribution in [2.24, 2.45) is 5.92 Å². The Kier molecular flexibility index (Phi) is 4.62. The van der Waals surface area contributed by atoms with E-state index in [1.54, 1.807) is 0 Å². The third-order valence-corrected chi connectivity index (χ3v) is 5.15. The van der Waals surface area contributed by atoms with Crippen LogP contribution in [0.5, 0.6) is 0 Å². The molecule has 0 bridgehead atoms. The Morgan fingerprint density at radius 2 is 1.95 bits per heavy atom. The molecule has 0 amide bonds. The maximum atomic E-state index is 3.67. The molecule has 1 atom stereocenters. The summed E-state index contributed by atoms with van der Waals surface area (Å²) >= 11 is 0. The van der Waals surface area contributed by atoms with E-state index < -0.39 is 0 Å². The highest BCUT2D eigenvalue weighted by Gasteiger charge is 2.26. The van der Waals surface area contributed by atoms with Crippen LogP contribution in [0.4, 0.5) is 5.69 Å². The number of fused-ring (bicyclic) bond motifs is 1. The van der Waals surface area contributed by atoms with Crippen molar-refractivity contribution in [3.63, 3.8) is 0 Å². The number of nitrogens with one attached hydrogen (secondary N) is 1. The van der Waals surface area contributed by atoms with E-state index in [9.17, 15) is 0 Å². The van der Waals surface area contributed by atoms with Crippen LogP contribution in [0.1, 0.15) is 44.6 Å². The number of hydrogen-bond acceptors (Lipinski definition) is 2. The number of benzene rings is 1. The molecule has 1 aromatic rings. The monoisotopic (exact) mass is 272 g/mol. The van der Waals surface area contributed by atoms with Crippen molar-refractivity contribution in [1.29, 1.82) is 0 Å². The van der Waals surface area contributed by atoms with Gasteiger partial charge in [0.25, 0.3) is 0 Å². The van der Waals surface area contributed by atoms with Gasteiger partial charge in [-0.3, -0.25) is 4.90 Å². The molecule has 1 aromatic carbocycles. The summed E-state index contributed by atoms with van der Waals surface area (Å²) in [5.41, 5.74) is 2.85. The van der Waals surface area contributed by atoms with Crippen LogP contribution < -0.4 is 5.32 Å². The molecule has 0 spiro atoms. The van der Waals surface area contributed by atoms with Gasteiger partial charge in [-0.25, -0.2) is 0 Å². The molecule has 20 heavy (non-hydrogen) atoms. The highest BCUT2D eigenvalue weighted by Crippen LogP contribution is 2.27. The first-order chi connectivity index (χ1) is 9.86. The third-order valence-electron chi connectivity index (χ3n) is 5.15. The lowest BCUT2D eigenvalue weighted by atomic mass is 9.91. The summed E-state index contributed by atoms with van der Waals surface area (Å²) in [4.78, 5) is 2.74. The van der Waals surface area contributed by atoms with Gasteiger partial charge in [-0.2, -0.15) is 0 Å². The van der Waals surface area contributed by atoms with E-state index >= 15 is 0 Å². The lowest BCUT2D eigenvalue weighted by Gasteiger charge is -2.37. The molecule has 2 heterocycles. The maximum Gasteiger partial charge on any atom is 0.0373 e. The van der Waals surface area contributed by atoms with Crippen molar-refractivity contribution in [3.05, 3.63) is 29.8 Å². The molecule has 2 aliphatic heterocycles. The number of rotatable bonds is 3. The Bertz CT molecular complexity index is 394. The van der Waals surface area contributed by atoms with Crippen LogP contribution in [-0.4, -0.2) is 30.6 Å². The van der Waals surface area contributed by atoms with E-state index in [4.69, 9.17) is 0 Å². The summed E-state index contributed by atoms with van der Waals surface area (Å²) in [5.74, 6) is 0.993. The van der Waals surface area contributed by atoms with Gasteiger partial charge in [0.1, 0.15) is 0 Å². The second kappa shape index (κ2) is 6.62. The number of anilines is 1. The molecule has 2 aliphatic rings. The van der Waals surface area contributed by atoms with E-state index in [-0.39, 0.29) is 0 Å². The Hall–Kier alpha value is -1.02. The van der Waals surface area contributed by atoms with Gasteiger partial charge in [0.15, 0.2) is 0 Å². The van der Waals surface area contributed by atoms with Crippen LogP contribution in [0.15, 0.2) is 24.3 Å². The van der Waals surface area contributed by atoms with Gasteiger partial charge in [-0.1, -0.05) is 38.0 Å². The predicted octanol–water partition coefficient (Wildman–Crippen LogP) is 3.93. The second-order valence-electron chi connectivity index (χ2n) is 6.50. The minimum Gasteiger partial charge on any atom is -0.383 e. The fraction of sp³-hybridized carbons (Fsp3) is 0.667. The molecule has 1 N–H and O–H groups in total. The van der Waals surface area contributed by atoms with Gasteiger partial charge in [0.05, 0.1) is 0 Å². The molecular formula is C18H28N2. The standard InChI is InChI=1S/C18H28N2/c1-2-5-15-10-12-20(13-11-15)17-9-8-16-6-3-4-7-18(16)19-14-17/h3-4,6-7,15,17,19H,2,5,8-14H2,1H3. The molecule has 2 nitrogen and oxygen atoms in total. The van der Waals surface area contributed by atoms with Crippen molar-refractivity contribution < 1.29 is 0 Å². The summed E-state index contributed by atoms with van der Waals surface area (Å²) in [5, 5.41) is 3.67. The Morgan fingerprint density at radius 1 is 1.15 bits per heavy atom. The first-order valence-electron chi connectivity index (χ1n) is 8.42. The van der Waals surface area contributed by atoms with Gasteiger partial charge < -0.3 is 5.32 Å². The molecule has 1 saturated heterocycles. The maximum absolute atomic E-state index is 3.67. The molecule has 0 aromatic heterocycles. The highest BCUT2D eigenvalue weighted by molar-refractivity contribution is 5.52. The fourth-order valence-corrected chi connectivity index (χ4v) is 3.89. The average molecular weight is 272 g/mol. The fourth-order valence-electron chi connectivity index (χ4n) is 3.89. The molecule has 2 heteroatoms. The van der Waals surface area contributed by atoms with Crippen molar-refractivity contribution in [3.8, 4) is 0 Å². The normalized spacial score (nSPS) is 24.8. The minimum absolute atomic E-state index is 0.727. The van der Waals surface area contributed by atoms with Crippen LogP contribution in [0.2, 0.25) is 0 Å². The van der Waals surface area contributed by atoms with Crippen LogP contribution in [0.25, 0.3) is 0 Å². The van der Waals surface area contributed by atoms with Crippen LogP contribution in [0, 0.1) is 5.92 Å². The van der Waals surface area contributed by atoms with Crippen LogP contribution in [-0.2, 0) is 6.42 Å². The zero-order valence-electron chi connectivity index (χ0n) is 12.8. The summed E-state index contributed by atoms with van der Waals surface area (Å²) in [6.07, 6.45) is 8.15. The van der Waals surface area contributed by atoms with Gasteiger partial charge in [-0.15, -0.1) is 0 Å². The van der Waals surface area contributed by atoms with Crippen molar-refractivity contribution in [2.45, 2.75) is 51.5 Å². The molecule has 0 aliphatic carbocycles. The zero-order valence-corrected chi connectivity index (χ0v) is 12.8. The second-order valence-corrected chi connectivity index (χ2v) is 6.50. The molecule has 1 unspecified atom stereocenters. The van der Waals surface area contributed by atoms with Gasteiger partial charge in [0.2, 0.25) is 0 Å². The van der Waals surface area contributed by atoms with Crippen LogP contribution in [0.3, 0.4) is 0 Å². The molecule has 110 valence electrons. The van der Waals surface area contributed by atoms with Gasteiger partial charge in [-0.05, 0) is 56.3 Å². The van der Waals surface area contributed by atoms with E-state index in [2.05, 4.69) is 41.4 Å². The topological polar surface area (TPSA) is 15.3 Å². The number of likely N-dealkylation sites (tertiary alicyclic amines) is 1. The average Bonchev–Trinajstić information content (AvgIpc) is 2.71. The van der Waals surface area contributed by atoms with E-state index in [1.165, 1.54) is 62.9 Å². The third kappa shape index (κ3) is 3.17. The SMILES string of the molecule is CCCC1CCN(C2CCc3ccccc3NC2)CC1. The smallest absolute Gasteiger partial charge is 0.0373 e. The van der Waals surface area contributed by atoms with Gasteiger partial charge >= 0.3 is 0 Å². The molecule has 0 saturated carbocycles. The molecule has 1 fully saturated rings. The van der Waals surface area contributed by atoms with E-state index in [0.29, 0.717) is 0 Å². The predicted molar refractivity (Wildman–Crippen MR) is 86.2 cm³/mol. The van der Waals surface area contributed by atoms with Crippen molar-refractivity contribution in [2.75, 3.05) is 25.0 Å². The summed E-state index contributed by atoms with van der Waals surface area (Å²) in [6.45, 7) is 6.06. The van der Waals surface area contributed by atoms with E-state index in [0.717, 1.165) is 18.5 Å². The zero-order chi connectivity index (χ0) is 13.8. The summed E-state index contributed by atoms with van der Waals surface area (Å²) in [6, 6.07) is 9.54. The Balaban J connectivity index is 1.55. The lowest BCUT2D eigenvalue weighted by molar-refractivity contribution is 0.129. The Labute approximate surface area is 123 Å². The number of aryl methyl sites for hydroxylation is 1. The highest BCUT2D eigenvalue weighted by atomic mass is 15.2. The number of hydrogen-bond donors (Lipinski definition) is 1. The van der Waals surface area contributed by atoms with E-state index in [1.807, 2.05) is 0 Å². The summed E-state index contributed by atoms with van der Waals surface area (Å²) in [7, 11) is 0. The lowest BCUT2D eigenvalue weighted by Crippen LogP contribution is -2.44. The largest absolute Gasteiger partial charge is 0.383 e. The molecule has 3 rings (SSSR count). The molecule has 0 radical (unpaired) electrons. The Morgan fingerprint density at radius 3 is 2.75 bits per heavy atom. The first-order valence-corrected chi connectivity index (χ1v) is 8.42. The van der Waals surface area contributed by atoms with Crippen molar-refractivity contribution in [1.82, 2.24) is 4.90 Å². The van der Waals surface area contributed by atoms with Crippen LogP contribution >= 0.6 is 0 Å². The number of para-hydroxylation sites is 1. The number of nitrogens with zero attached hydrogens (tertiary/aromatic N) is 1. The quantitative estimate of drug-likeness (QED) is 0.897. The van der Waals surface area contributed by atoms with Gasteiger partial charge in [0, 0.05) is 18.3 Å². The minimum atomic E-state index is 0.727.